The van der Waals surface area contributed by atoms with Crippen LogP contribution in [0.25, 0.3) is 11.3 Å². The van der Waals surface area contributed by atoms with E-state index >= 15 is 0 Å². The van der Waals surface area contributed by atoms with Gasteiger partial charge < -0.3 is 9.84 Å². The lowest BCUT2D eigenvalue weighted by atomic mass is 10.1. The number of aliphatic hydroxyl groups is 1. The fourth-order valence-electron chi connectivity index (χ4n) is 3.44. The van der Waals surface area contributed by atoms with Crippen molar-refractivity contribution in [1.29, 1.82) is 0 Å². The molecule has 3 atom stereocenters. The van der Waals surface area contributed by atoms with Crippen molar-refractivity contribution in [2.24, 2.45) is 15.3 Å². The zero-order valence-electron chi connectivity index (χ0n) is 16.6. The molecule has 5 rings (SSSR count). The fraction of sp³-hybridized carbons (Fsp3) is 0.273. The zero-order chi connectivity index (χ0) is 20.7. The molecule has 3 unspecified atom stereocenters. The van der Waals surface area contributed by atoms with Gasteiger partial charge in [0.05, 0.1) is 23.7 Å². The van der Waals surface area contributed by atoms with E-state index in [9.17, 15) is 5.11 Å². The van der Waals surface area contributed by atoms with Gasteiger partial charge in [-0.1, -0.05) is 42.0 Å². The number of azo groups is 1. The predicted octanol–water partition coefficient (Wildman–Crippen LogP) is 4.68. The fourth-order valence-corrected chi connectivity index (χ4v) is 4.25. The highest BCUT2D eigenvalue weighted by atomic mass is 32.1. The van der Waals surface area contributed by atoms with Crippen LogP contribution in [0.5, 0.6) is 0 Å². The number of epoxide rings is 1. The normalized spacial score (nSPS) is 22.8. The molecule has 0 radical (unpaired) electrons. The van der Waals surface area contributed by atoms with Gasteiger partial charge in [-0.05, 0) is 31.5 Å². The van der Waals surface area contributed by atoms with Crippen molar-refractivity contribution >= 4 is 27.9 Å². The average molecular weight is 420 g/mol. The molecule has 0 aliphatic carbocycles. The first-order valence-corrected chi connectivity index (χ1v) is 10.6. The van der Waals surface area contributed by atoms with E-state index in [0.29, 0.717) is 5.69 Å². The number of fused-ring (bicyclic) bond motifs is 1. The molecule has 30 heavy (non-hydrogen) atoms. The summed E-state index contributed by atoms with van der Waals surface area (Å²) in [6.45, 7) is 3.99. The maximum Gasteiger partial charge on any atom is 0.209 e. The SMILES string of the molecule is CC1=NN(c2nc(-c3ccc(C)cc3)cs2)C2OC2C1N=Nc1cccc(CO)c1. The molecule has 3 heterocycles. The molecule has 1 aromatic heterocycles. The summed E-state index contributed by atoms with van der Waals surface area (Å²) in [5.74, 6) is 0. The Labute approximate surface area is 178 Å². The van der Waals surface area contributed by atoms with E-state index in [1.165, 1.54) is 5.56 Å². The molecule has 0 saturated carbocycles. The van der Waals surface area contributed by atoms with Crippen molar-refractivity contribution in [1.82, 2.24) is 4.98 Å². The summed E-state index contributed by atoms with van der Waals surface area (Å²) in [6.07, 6.45) is -0.252. The molecule has 3 aromatic rings. The van der Waals surface area contributed by atoms with Gasteiger partial charge in [-0.3, -0.25) is 0 Å². The smallest absolute Gasteiger partial charge is 0.209 e. The largest absolute Gasteiger partial charge is 0.392 e. The molecule has 0 spiro atoms. The van der Waals surface area contributed by atoms with Crippen LogP contribution in [0.2, 0.25) is 0 Å². The monoisotopic (exact) mass is 419 g/mol. The van der Waals surface area contributed by atoms with Crippen LogP contribution in [-0.4, -0.2) is 34.2 Å². The van der Waals surface area contributed by atoms with Crippen LogP contribution < -0.4 is 5.01 Å². The molecule has 1 saturated heterocycles. The van der Waals surface area contributed by atoms with E-state index in [0.717, 1.165) is 27.7 Å². The van der Waals surface area contributed by atoms with E-state index in [1.54, 1.807) is 11.3 Å². The number of hydrazone groups is 1. The Bertz CT molecular complexity index is 1120. The van der Waals surface area contributed by atoms with Crippen LogP contribution in [0, 0.1) is 6.92 Å². The van der Waals surface area contributed by atoms with Crippen molar-refractivity contribution in [2.75, 3.05) is 5.01 Å². The molecular formula is C22H21N5O2S. The zero-order valence-corrected chi connectivity index (χ0v) is 17.5. The summed E-state index contributed by atoms with van der Waals surface area (Å²) < 4.78 is 5.88. The molecule has 7 nitrogen and oxygen atoms in total. The Balaban J connectivity index is 1.35. The maximum atomic E-state index is 9.27. The third-order valence-electron chi connectivity index (χ3n) is 5.17. The number of nitrogens with zero attached hydrogens (tertiary/aromatic N) is 5. The Morgan fingerprint density at radius 1 is 1.17 bits per heavy atom. The maximum absolute atomic E-state index is 9.27. The summed E-state index contributed by atoms with van der Waals surface area (Å²) >= 11 is 1.55. The van der Waals surface area contributed by atoms with Gasteiger partial charge in [0.1, 0.15) is 12.1 Å². The molecule has 2 aromatic carbocycles. The average Bonchev–Trinajstić information content (AvgIpc) is 3.40. The van der Waals surface area contributed by atoms with Gasteiger partial charge in [0.25, 0.3) is 0 Å². The first kappa shape index (κ1) is 19.0. The third-order valence-corrected chi connectivity index (χ3v) is 6.00. The molecule has 2 aliphatic rings. The number of anilines is 1. The predicted molar refractivity (Wildman–Crippen MR) is 117 cm³/mol. The van der Waals surface area contributed by atoms with Crippen molar-refractivity contribution in [2.45, 2.75) is 38.8 Å². The molecule has 0 bridgehead atoms. The Morgan fingerprint density at radius 3 is 2.80 bits per heavy atom. The lowest BCUT2D eigenvalue weighted by Gasteiger charge is -2.21. The number of hydrogen-bond donors (Lipinski definition) is 1. The number of thiazole rings is 1. The number of hydrogen-bond acceptors (Lipinski definition) is 8. The van der Waals surface area contributed by atoms with E-state index in [4.69, 9.17) is 14.8 Å². The minimum Gasteiger partial charge on any atom is -0.392 e. The van der Waals surface area contributed by atoms with Gasteiger partial charge in [0.2, 0.25) is 5.13 Å². The molecule has 0 amide bonds. The molecule has 1 fully saturated rings. The standard InChI is InChI=1S/C22H21N5O2S/c1-13-6-8-16(9-7-13)18-12-30-22(23-18)27-21-20(29-21)19(14(2)26-27)25-24-17-5-3-4-15(10-17)11-28/h3-10,12,19-21,28H,11H2,1-2H3. The minimum absolute atomic E-state index is 0.0194. The second-order valence-electron chi connectivity index (χ2n) is 7.45. The summed E-state index contributed by atoms with van der Waals surface area (Å²) in [7, 11) is 0. The van der Waals surface area contributed by atoms with Gasteiger partial charge >= 0.3 is 0 Å². The Hall–Kier alpha value is -2.94. The molecule has 2 aliphatic heterocycles. The summed E-state index contributed by atoms with van der Waals surface area (Å²) in [5, 5.41) is 27.5. The summed E-state index contributed by atoms with van der Waals surface area (Å²) in [6, 6.07) is 15.5. The van der Waals surface area contributed by atoms with Gasteiger partial charge in [-0.25, -0.2) is 9.99 Å². The minimum atomic E-state index is -0.222. The lowest BCUT2D eigenvalue weighted by Crippen LogP contribution is -2.37. The van der Waals surface area contributed by atoms with E-state index in [2.05, 4.69) is 41.4 Å². The highest BCUT2D eigenvalue weighted by molar-refractivity contribution is 7.14. The Morgan fingerprint density at radius 2 is 2.00 bits per heavy atom. The molecule has 1 N–H and O–H groups in total. The third kappa shape index (κ3) is 3.65. The van der Waals surface area contributed by atoms with Crippen LogP contribution in [0.15, 0.2) is 69.2 Å². The van der Waals surface area contributed by atoms with Crippen molar-refractivity contribution < 1.29 is 9.84 Å². The quantitative estimate of drug-likeness (QED) is 0.480. The highest BCUT2D eigenvalue weighted by Crippen LogP contribution is 2.40. The summed E-state index contributed by atoms with van der Waals surface area (Å²) in [5.41, 5.74) is 5.60. The van der Waals surface area contributed by atoms with Gasteiger partial charge in [0, 0.05) is 10.9 Å². The second kappa shape index (κ2) is 7.71. The Kier molecular flexibility index (Phi) is 4.90. The van der Waals surface area contributed by atoms with Gasteiger partial charge in [0.15, 0.2) is 6.23 Å². The van der Waals surface area contributed by atoms with Crippen molar-refractivity contribution in [3.05, 3.63) is 65.0 Å². The second-order valence-corrected chi connectivity index (χ2v) is 8.28. The number of aromatic nitrogens is 1. The summed E-state index contributed by atoms with van der Waals surface area (Å²) in [4.78, 5) is 4.76. The number of benzene rings is 2. The van der Waals surface area contributed by atoms with Gasteiger partial charge in [-0.15, -0.1) is 11.3 Å². The van der Waals surface area contributed by atoms with E-state index in [1.807, 2.05) is 41.6 Å². The van der Waals surface area contributed by atoms with Crippen LogP contribution in [0.4, 0.5) is 10.8 Å². The van der Waals surface area contributed by atoms with E-state index in [-0.39, 0.29) is 25.0 Å². The topological polar surface area (TPSA) is 86.0 Å². The van der Waals surface area contributed by atoms with Crippen LogP contribution in [0.1, 0.15) is 18.1 Å². The number of aryl methyl sites for hydroxylation is 1. The molecular weight excluding hydrogens is 398 g/mol. The van der Waals surface area contributed by atoms with E-state index < -0.39 is 0 Å². The first-order chi connectivity index (χ1) is 14.6. The van der Waals surface area contributed by atoms with Crippen LogP contribution in [-0.2, 0) is 11.3 Å². The molecule has 152 valence electrons. The van der Waals surface area contributed by atoms with Gasteiger partial charge in [-0.2, -0.15) is 15.3 Å². The number of ether oxygens (including phenoxy) is 1. The number of rotatable bonds is 5. The highest BCUT2D eigenvalue weighted by Gasteiger charge is 2.54. The first-order valence-electron chi connectivity index (χ1n) is 9.75. The van der Waals surface area contributed by atoms with Crippen LogP contribution >= 0.6 is 11.3 Å². The van der Waals surface area contributed by atoms with Crippen LogP contribution in [0.3, 0.4) is 0 Å². The molecule has 8 heteroatoms. The lowest BCUT2D eigenvalue weighted by molar-refractivity contribution is 0.282. The number of aliphatic hydroxyl groups excluding tert-OH is 1. The van der Waals surface area contributed by atoms with Crippen molar-refractivity contribution in [3.63, 3.8) is 0 Å². The van der Waals surface area contributed by atoms with Crippen molar-refractivity contribution in [3.8, 4) is 11.3 Å².